The van der Waals surface area contributed by atoms with Crippen LogP contribution in [0.25, 0.3) is 0 Å². The van der Waals surface area contributed by atoms with Gasteiger partial charge >= 0.3 is 0 Å². The molecule has 0 aliphatic heterocycles. The van der Waals surface area contributed by atoms with E-state index in [0.29, 0.717) is 0 Å². The summed E-state index contributed by atoms with van der Waals surface area (Å²) in [6, 6.07) is 0. The molecule has 0 amide bonds. The molecule has 0 aliphatic carbocycles. The Hall–Kier alpha value is -1.51. The Labute approximate surface area is 38.8 Å². The predicted octanol–water partition coefficient (Wildman–Crippen LogP) is -1.25. The Morgan fingerprint density at radius 1 is 1.86 bits per heavy atom. The van der Waals surface area contributed by atoms with Crippen LogP contribution in [0.5, 0.6) is 0 Å². The number of hydrogen-bond donors (Lipinski definition) is 2. The van der Waals surface area contributed by atoms with Gasteiger partial charge in [-0.05, 0) is 5.53 Å². The Kier molecular flexibility index (Phi) is 2.13. The monoisotopic (exact) mass is 102 g/mol. The molecule has 0 aromatic carbocycles. The van der Waals surface area contributed by atoms with E-state index >= 15 is 0 Å². The minimum atomic E-state index is -0.872. The summed E-state index contributed by atoms with van der Waals surface area (Å²) >= 11 is 0. The highest BCUT2D eigenvalue weighted by Gasteiger charge is 1.82. The SMILES string of the molecule is N#CNN[N+](=O)[O-]. The Morgan fingerprint density at radius 2 is 2.43 bits per heavy atom. The average Bonchev–Trinajstić information content (AvgIpc) is 1.61. The van der Waals surface area contributed by atoms with Crippen LogP contribution >= 0.6 is 0 Å². The largest absolute Gasteiger partial charge is 0.233 e. The fourth-order valence-electron chi connectivity index (χ4n) is 0.0706. The van der Waals surface area contributed by atoms with E-state index in [1.807, 2.05) is 0 Å². The molecule has 0 saturated carbocycles. The van der Waals surface area contributed by atoms with E-state index < -0.39 is 5.03 Å². The van der Waals surface area contributed by atoms with Gasteiger partial charge in [0.25, 0.3) is 0 Å². The molecule has 0 spiro atoms. The number of nitriles is 1. The highest BCUT2D eigenvalue weighted by Crippen LogP contribution is 1.45. The fraction of sp³-hybridized carbons (Fsp3) is 0. The summed E-state index contributed by atoms with van der Waals surface area (Å²) in [7, 11) is 0. The van der Waals surface area contributed by atoms with Crippen molar-refractivity contribution in [2.75, 3.05) is 0 Å². The van der Waals surface area contributed by atoms with Crippen LogP contribution < -0.4 is 11.0 Å². The van der Waals surface area contributed by atoms with E-state index in [9.17, 15) is 10.1 Å². The standard InChI is InChI=1S/CH2N4O2/c2-1-3-4-5(6)7/h3-4H. The molecule has 0 rings (SSSR count). The molecule has 0 aromatic rings. The van der Waals surface area contributed by atoms with Crippen LogP contribution in [0.4, 0.5) is 0 Å². The molecule has 0 fully saturated rings. The van der Waals surface area contributed by atoms with Gasteiger partial charge in [-0.2, -0.15) is 10.7 Å². The second-order valence-corrected chi connectivity index (χ2v) is 0.606. The minimum Gasteiger partial charge on any atom is -0.233 e. The van der Waals surface area contributed by atoms with Crippen LogP contribution in [-0.4, -0.2) is 5.03 Å². The lowest BCUT2D eigenvalue weighted by Gasteiger charge is -1.84. The quantitative estimate of drug-likeness (QED) is 0.197. The van der Waals surface area contributed by atoms with E-state index in [1.165, 1.54) is 11.7 Å². The van der Waals surface area contributed by atoms with Crippen molar-refractivity contribution in [3.8, 4) is 6.19 Å². The van der Waals surface area contributed by atoms with E-state index in [1.54, 1.807) is 5.43 Å². The minimum absolute atomic E-state index is 0.872. The van der Waals surface area contributed by atoms with E-state index in [-0.39, 0.29) is 0 Å². The smallest absolute Gasteiger partial charge is 0.201 e. The normalized spacial score (nSPS) is 6.14. The van der Waals surface area contributed by atoms with Crippen LogP contribution in [0, 0.1) is 21.6 Å². The third-order valence-corrected chi connectivity index (χ3v) is 0.203. The van der Waals surface area contributed by atoms with Crippen molar-refractivity contribution in [1.82, 2.24) is 11.0 Å². The maximum absolute atomic E-state index is 9.24. The van der Waals surface area contributed by atoms with Crippen LogP contribution in [0.3, 0.4) is 0 Å². The summed E-state index contributed by atoms with van der Waals surface area (Å²) in [5.41, 5.74) is 3.01. The molecule has 38 valence electrons. The van der Waals surface area contributed by atoms with Gasteiger partial charge in [0, 0.05) is 0 Å². The van der Waals surface area contributed by atoms with Gasteiger partial charge in [-0.1, -0.05) is 0 Å². The molecule has 0 bridgehead atoms. The van der Waals surface area contributed by atoms with Crippen LogP contribution in [0.2, 0.25) is 0 Å². The van der Waals surface area contributed by atoms with Gasteiger partial charge in [0.1, 0.15) is 0 Å². The van der Waals surface area contributed by atoms with Gasteiger partial charge in [-0.25, -0.2) is 10.1 Å². The van der Waals surface area contributed by atoms with Crippen molar-refractivity contribution in [3.05, 3.63) is 10.1 Å². The molecular weight excluding hydrogens is 100 g/mol. The van der Waals surface area contributed by atoms with E-state index in [4.69, 9.17) is 5.26 Å². The molecule has 0 unspecified atom stereocenters. The van der Waals surface area contributed by atoms with Crippen molar-refractivity contribution >= 4 is 0 Å². The third-order valence-electron chi connectivity index (χ3n) is 0.203. The first kappa shape index (κ1) is 5.49. The molecule has 7 heavy (non-hydrogen) atoms. The molecule has 0 aliphatic rings. The summed E-state index contributed by atoms with van der Waals surface area (Å²) in [4.78, 5) is 9.24. The lowest BCUT2D eigenvalue weighted by atomic mass is 11.4. The lowest BCUT2D eigenvalue weighted by molar-refractivity contribution is -0.552. The molecule has 0 aromatic heterocycles. The lowest BCUT2D eigenvalue weighted by Crippen LogP contribution is -2.32. The number of nitrogens with zero attached hydrogens (tertiary/aromatic N) is 2. The first-order valence-corrected chi connectivity index (χ1v) is 1.31. The van der Waals surface area contributed by atoms with Crippen molar-refractivity contribution in [1.29, 1.82) is 5.26 Å². The first-order chi connectivity index (χ1) is 3.27. The average molecular weight is 102 g/mol. The predicted molar refractivity (Wildman–Crippen MR) is 18.9 cm³/mol. The number of rotatable bonds is 2. The summed E-state index contributed by atoms with van der Waals surface area (Å²) in [6.07, 6.45) is 1.30. The molecule has 0 heterocycles. The first-order valence-electron chi connectivity index (χ1n) is 1.31. The van der Waals surface area contributed by atoms with E-state index in [2.05, 4.69) is 0 Å². The second-order valence-electron chi connectivity index (χ2n) is 0.606. The second kappa shape index (κ2) is 2.71. The van der Waals surface area contributed by atoms with Gasteiger partial charge in [0.15, 0.2) is 5.03 Å². The maximum Gasteiger partial charge on any atom is 0.201 e. The number of nitro groups is 1. The summed E-state index contributed by atoms with van der Waals surface area (Å²) in [6.45, 7) is 0. The van der Waals surface area contributed by atoms with Crippen molar-refractivity contribution in [2.24, 2.45) is 0 Å². The number of nitrogens with one attached hydrogen (secondary N) is 2. The molecule has 6 heteroatoms. The van der Waals surface area contributed by atoms with Crippen LogP contribution in [0.1, 0.15) is 0 Å². The maximum atomic E-state index is 9.24. The number of hydrogen-bond acceptors (Lipinski definition) is 4. The summed E-state index contributed by atoms with van der Waals surface area (Å²) in [5.74, 6) is 0. The zero-order valence-electron chi connectivity index (χ0n) is 3.21. The summed E-state index contributed by atoms with van der Waals surface area (Å²) in [5, 5.41) is 16.0. The van der Waals surface area contributed by atoms with Gasteiger partial charge in [0.2, 0.25) is 6.19 Å². The van der Waals surface area contributed by atoms with Crippen LogP contribution in [0.15, 0.2) is 0 Å². The Bertz CT molecular complexity index is 103. The molecule has 0 atom stereocenters. The van der Waals surface area contributed by atoms with E-state index in [0.717, 1.165) is 0 Å². The van der Waals surface area contributed by atoms with Crippen molar-refractivity contribution in [2.45, 2.75) is 0 Å². The highest BCUT2D eigenvalue weighted by molar-refractivity contribution is 4.54. The molecular formula is CH2N4O2. The Morgan fingerprint density at radius 3 is 2.57 bits per heavy atom. The Balaban J connectivity index is 3.02. The van der Waals surface area contributed by atoms with Gasteiger partial charge in [-0.15, -0.1) is 0 Å². The topological polar surface area (TPSA) is 91.0 Å². The number of hydrazine groups is 2. The van der Waals surface area contributed by atoms with Gasteiger partial charge in [-0.3, -0.25) is 0 Å². The zero-order chi connectivity index (χ0) is 5.70. The van der Waals surface area contributed by atoms with Gasteiger partial charge in [0.05, 0.1) is 0 Å². The third kappa shape index (κ3) is 4.49. The molecule has 2 N–H and O–H groups in total. The molecule has 0 radical (unpaired) electrons. The molecule has 0 saturated heterocycles. The fourth-order valence-corrected chi connectivity index (χ4v) is 0.0706. The van der Waals surface area contributed by atoms with Gasteiger partial charge < -0.3 is 0 Å². The van der Waals surface area contributed by atoms with Crippen molar-refractivity contribution in [3.63, 3.8) is 0 Å². The summed E-state index contributed by atoms with van der Waals surface area (Å²) < 4.78 is 0. The molecule has 6 nitrogen and oxygen atoms in total. The highest BCUT2D eigenvalue weighted by atomic mass is 16.7. The van der Waals surface area contributed by atoms with Crippen molar-refractivity contribution < 1.29 is 5.03 Å². The zero-order valence-corrected chi connectivity index (χ0v) is 3.21. The van der Waals surface area contributed by atoms with Crippen LogP contribution in [-0.2, 0) is 0 Å².